The third-order valence-electron chi connectivity index (χ3n) is 5.01. The standard InChI is InChI=1S/C22H19NO4/c24-20(13-15-7-2-1-3-8-15)27-17-10-6-9-16(14-17)23-21(25)18-11-4-5-12-19(18)22(23)26/h1-10,14,18-19H,11-13H2/t18-,19-/m0/s1. The minimum Gasteiger partial charge on any atom is -0.426 e. The molecule has 0 bridgehead atoms. The molecule has 2 amide bonds. The quantitative estimate of drug-likeness (QED) is 0.363. The topological polar surface area (TPSA) is 63.7 Å². The molecule has 0 spiro atoms. The van der Waals surface area contributed by atoms with E-state index in [1.165, 1.54) is 4.90 Å². The maximum Gasteiger partial charge on any atom is 0.315 e. The minimum absolute atomic E-state index is 0.155. The highest BCUT2D eigenvalue weighted by molar-refractivity contribution is 6.22. The molecule has 0 N–H and O–H groups in total. The van der Waals surface area contributed by atoms with E-state index in [4.69, 9.17) is 4.74 Å². The van der Waals surface area contributed by atoms with E-state index in [2.05, 4.69) is 0 Å². The third-order valence-corrected chi connectivity index (χ3v) is 5.01. The van der Waals surface area contributed by atoms with E-state index in [0.717, 1.165) is 5.56 Å². The average Bonchev–Trinajstić information content (AvgIpc) is 2.94. The fourth-order valence-electron chi connectivity index (χ4n) is 3.67. The normalized spacial score (nSPS) is 21.3. The number of allylic oxidation sites excluding steroid dienone is 2. The highest BCUT2D eigenvalue weighted by Crippen LogP contribution is 2.38. The number of amides is 2. The Hall–Kier alpha value is -3.21. The molecule has 1 aliphatic heterocycles. The Kier molecular flexibility index (Phi) is 4.59. The summed E-state index contributed by atoms with van der Waals surface area (Å²) in [6.45, 7) is 0. The first kappa shape index (κ1) is 17.2. The van der Waals surface area contributed by atoms with Gasteiger partial charge in [0.15, 0.2) is 0 Å². The number of hydrogen-bond donors (Lipinski definition) is 0. The van der Waals surface area contributed by atoms with Gasteiger partial charge in [0.1, 0.15) is 5.75 Å². The molecule has 0 unspecified atom stereocenters. The summed E-state index contributed by atoms with van der Waals surface area (Å²) in [7, 11) is 0. The third kappa shape index (κ3) is 3.40. The van der Waals surface area contributed by atoms with Crippen molar-refractivity contribution in [1.82, 2.24) is 0 Å². The molecule has 1 aliphatic carbocycles. The zero-order chi connectivity index (χ0) is 18.8. The van der Waals surface area contributed by atoms with Gasteiger partial charge in [0.05, 0.1) is 23.9 Å². The lowest BCUT2D eigenvalue weighted by atomic mass is 9.85. The summed E-state index contributed by atoms with van der Waals surface area (Å²) in [5.41, 5.74) is 1.31. The van der Waals surface area contributed by atoms with E-state index in [0.29, 0.717) is 24.3 Å². The number of carbonyl (C=O) groups excluding carboxylic acids is 3. The SMILES string of the molecule is O=C(Cc1ccccc1)Oc1cccc(N2C(=O)[C@H]3CC=CC[C@@H]3C2=O)c1. The van der Waals surface area contributed by atoms with Gasteiger partial charge in [-0.15, -0.1) is 0 Å². The molecular weight excluding hydrogens is 342 g/mol. The van der Waals surface area contributed by atoms with Crippen molar-refractivity contribution in [3.05, 3.63) is 72.3 Å². The molecule has 5 heteroatoms. The number of esters is 1. The Morgan fingerprint density at radius 1 is 0.926 bits per heavy atom. The van der Waals surface area contributed by atoms with Crippen molar-refractivity contribution in [3.8, 4) is 5.75 Å². The predicted octanol–water partition coefficient (Wildman–Crippen LogP) is 3.29. The number of benzene rings is 2. The summed E-state index contributed by atoms with van der Waals surface area (Å²) in [4.78, 5) is 38.8. The molecule has 2 atom stereocenters. The fraction of sp³-hybridized carbons (Fsp3) is 0.227. The molecule has 4 rings (SSSR count). The van der Waals surface area contributed by atoms with Crippen molar-refractivity contribution < 1.29 is 19.1 Å². The second-order valence-electron chi connectivity index (χ2n) is 6.80. The second-order valence-corrected chi connectivity index (χ2v) is 6.80. The van der Waals surface area contributed by atoms with Crippen LogP contribution < -0.4 is 9.64 Å². The summed E-state index contributed by atoms with van der Waals surface area (Å²) in [6, 6.07) is 15.9. The highest BCUT2D eigenvalue weighted by atomic mass is 16.5. The lowest BCUT2D eigenvalue weighted by molar-refractivity contribution is -0.133. The second kappa shape index (κ2) is 7.19. The number of rotatable bonds is 4. The van der Waals surface area contributed by atoms with Crippen LogP contribution in [0.15, 0.2) is 66.7 Å². The lowest BCUT2D eigenvalue weighted by Crippen LogP contribution is -2.30. The van der Waals surface area contributed by atoms with Crippen molar-refractivity contribution >= 4 is 23.5 Å². The Labute approximate surface area is 157 Å². The van der Waals surface area contributed by atoms with Gasteiger partial charge < -0.3 is 4.74 Å². The van der Waals surface area contributed by atoms with E-state index in [1.807, 2.05) is 42.5 Å². The summed E-state index contributed by atoms with van der Waals surface area (Å²) in [5.74, 6) is -1.000. The molecule has 27 heavy (non-hydrogen) atoms. The summed E-state index contributed by atoms with van der Waals surface area (Å²) in [6.07, 6.45) is 5.26. The van der Waals surface area contributed by atoms with Crippen LogP contribution in [-0.2, 0) is 20.8 Å². The van der Waals surface area contributed by atoms with Gasteiger partial charge in [0.25, 0.3) is 0 Å². The van der Waals surface area contributed by atoms with Crippen LogP contribution in [0, 0.1) is 11.8 Å². The molecule has 2 aromatic rings. The summed E-state index contributed by atoms with van der Waals surface area (Å²) in [5, 5.41) is 0. The number of imide groups is 1. The fourth-order valence-corrected chi connectivity index (χ4v) is 3.67. The van der Waals surface area contributed by atoms with Gasteiger partial charge in [-0.05, 0) is 30.5 Å². The smallest absolute Gasteiger partial charge is 0.315 e. The monoisotopic (exact) mass is 361 g/mol. The molecular formula is C22H19NO4. The molecule has 136 valence electrons. The molecule has 1 saturated heterocycles. The Balaban J connectivity index is 1.50. The van der Waals surface area contributed by atoms with Crippen LogP contribution in [0.5, 0.6) is 5.75 Å². The maximum absolute atomic E-state index is 12.7. The van der Waals surface area contributed by atoms with E-state index in [9.17, 15) is 14.4 Å². The number of nitrogens with zero attached hydrogens (tertiary/aromatic N) is 1. The van der Waals surface area contributed by atoms with Crippen LogP contribution in [0.4, 0.5) is 5.69 Å². The largest absolute Gasteiger partial charge is 0.426 e. The van der Waals surface area contributed by atoms with Crippen LogP contribution in [0.2, 0.25) is 0 Å². The van der Waals surface area contributed by atoms with E-state index < -0.39 is 5.97 Å². The number of hydrogen-bond acceptors (Lipinski definition) is 4. The van der Waals surface area contributed by atoms with Gasteiger partial charge >= 0.3 is 5.97 Å². The lowest BCUT2D eigenvalue weighted by Gasteiger charge is -2.15. The van der Waals surface area contributed by atoms with Gasteiger partial charge in [-0.25, -0.2) is 4.90 Å². The van der Waals surface area contributed by atoms with Gasteiger partial charge in [0, 0.05) is 6.07 Å². The van der Waals surface area contributed by atoms with Gasteiger partial charge in [-0.2, -0.15) is 0 Å². The van der Waals surface area contributed by atoms with Crippen molar-refractivity contribution in [2.24, 2.45) is 11.8 Å². The molecule has 1 fully saturated rings. The Morgan fingerprint density at radius 3 is 2.26 bits per heavy atom. The zero-order valence-electron chi connectivity index (χ0n) is 14.7. The molecule has 0 saturated carbocycles. The predicted molar refractivity (Wildman–Crippen MR) is 100 cm³/mol. The van der Waals surface area contributed by atoms with Crippen LogP contribution in [-0.4, -0.2) is 17.8 Å². The van der Waals surface area contributed by atoms with Crippen LogP contribution >= 0.6 is 0 Å². The zero-order valence-corrected chi connectivity index (χ0v) is 14.7. The van der Waals surface area contributed by atoms with Crippen molar-refractivity contribution in [1.29, 1.82) is 0 Å². The van der Waals surface area contributed by atoms with Crippen molar-refractivity contribution in [2.75, 3.05) is 4.90 Å². The maximum atomic E-state index is 12.7. The molecule has 2 aromatic carbocycles. The molecule has 5 nitrogen and oxygen atoms in total. The first-order valence-electron chi connectivity index (χ1n) is 9.01. The number of ether oxygens (including phenoxy) is 1. The minimum atomic E-state index is -0.393. The van der Waals surface area contributed by atoms with E-state index in [-0.39, 0.29) is 30.1 Å². The summed E-state index contributed by atoms with van der Waals surface area (Å²) >= 11 is 0. The number of carbonyl (C=O) groups is 3. The van der Waals surface area contributed by atoms with E-state index >= 15 is 0 Å². The van der Waals surface area contributed by atoms with Gasteiger partial charge in [0.2, 0.25) is 11.8 Å². The van der Waals surface area contributed by atoms with Crippen LogP contribution in [0.3, 0.4) is 0 Å². The first-order chi connectivity index (χ1) is 13.1. The highest BCUT2D eigenvalue weighted by Gasteiger charge is 2.47. The van der Waals surface area contributed by atoms with Crippen molar-refractivity contribution in [3.63, 3.8) is 0 Å². The number of anilines is 1. The molecule has 0 aromatic heterocycles. The van der Waals surface area contributed by atoms with Crippen molar-refractivity contribution in [2.45, 2.75) is 19.3 Å². The van der Waals surface area contributed by atoms with Gasteiger partial charge in [-0.3, -0.25) is 14.4 Å². The summed E-state index contributed by atoms with van der Waals surface area (Å²) < 4.78 is 5.41. The van der Waals surface area contributed by atoms with Crippen LogP contribution in [0.25, 0.3) is 0 Å². The molecule has 1 heterocycles. The van der Waals surface area contributed by atoms with Gasteiger partial charge in [-0.1, -0.05) is 48.6 Å². The Morgan fingerprint density at radius 2 is 1.59 bits per heavy atom. The van der Waals surface area contributed by atoms with Crippen LogP contribution in [0.1, 0.15) is 18.4 Å². The molecule has 0 radical (unpaired) electrons. The molecule has 2 aliphatic rings. The first-order valence-corrected chi connectivity index (χ1v) is 9.01. The number of fused-ring (bicyclic) bond motifs is 1. The average molecular weight is 361 g/mol. The Bertz CT molecular complexity index is 893. The van der Waals surface area contributed by atoms with E-state index in [1.54, 1.807) is 24.3 Å².